The Hall–Kier alpha value is -3.07. The van der Waals surface area contributed by atoms with Gasteiger partial charge in [0.05, 0.1) is 0 Å². The highest BCUT2D eigenvalue weighted by atomic mass is 35.5. The fourth-order valence-electron chi connectivity index (χ4n) is 6.40. The van der Waals surface area contributed by atoms with E-state index in [-0.39, 0.29) is 29.6 Å². The molecule has 1 aliphatic carbocycles. The number of fused-ring (bicyclic) bond motifs is 1. The van der Waals surface area contributed by atoms with Crippen molar-refractivity contribution < 1.29 is 19.2 Å². The minimum absolute atomic E-state index is 0.114. The van der Waals surface area contributed by atoms with Crippen LogP contribution in [0.1, 0.15) is 68.3 Å². The Balaban J connectivity index is 1.38. The number of rotatable bonds is 6. The highest BCUT2D eigenvalue weighted by molar-refractivity contribution is 6.31. The number of primary amides is 1. The second kappa shape index (κ2) is 10.4. The summed E-state index contributed by atoms with van der Waals surface area (Å²) in [6.45, 7) is 1.11. The van der Waals surface area contributed by atoms with Gasteiger partial charge in [0.1, 0.15) is 17.8 Å². The molecule has 3 fully saturated rings. The molecule has 4 amide bonds. The van der Waals surface area contributed by atoms with E-state index in [1.54, 1.807) is 23.1 Å². The van der Waals surface area contributed by atoms with Crippen molar-refractivity contribution in [1.29, 1.82) is 0 Å². The van der Waals surface area contributed by atoms with Crippen LogP contribution in [0.3, 0.4) is 0 Å². The van der Waals surface area contributed by atoms with E-state index in [2.05, 4.69) is 15.6 Å². The highest BCUT2D eigenvalue weighted by Crippen LogP contribution is 2.46. The van der Waals surface area contributed by atoms with E-state index in [0.29, 0.717) is 36.6 Å². The van der Waals surface area contributed by atoms with E-state index >= 15 is 0 Å². The Bertz CT molecular complexity index is 1220. The number of piperidine rings is 1. The van der Waals surface area contributed by atoms with E-state index in [4.69, 9.17) is 17.3 Å². The summed E-state index contributed by atoms with van der Waals surface area (Å²) in [5.74, 6) is -1.82. The van der Waals surface area contributed by atoms with Gasteiger partial charge in [-0.3, -0.25) is 19.2 Å². The van der Waals surface area contributed by atoms with Crippen molar-refractivity contribution in [1.82, 2.24) is 20.5 Å². The molecule has 10 heteroatoms. The Morgan fingerprint density at radius 2 is 1.95 bits per heavy atom. The molecule has 3 atom stereocenters. The van der Waals surface area contributed by atoms with Crippen molar-refractivity contribution in [3.8, 4) is 0 Å². The van der Waals surface area contributed by atoms with Crippen molar-refractivity contribution in [3.63, 3.8) is 0 Å². The largest absolute Gasteiger partial charge is 0.368 e. The predicted octanol–water partition coefficient (Wildman–Crippen LogP) is 2.87. The molecule has 5 rings (SSSR count). The highest BCUT2D eigenvalue weighted by Gasteiger charge is 2.49. The van der Waals surface area contributed by atoms with Crippen LogP contribution in [0.4, 0.5) is 0 Å². The van der Waals surface area contributed by atoms with Gasteiger partial charge in [-0.1, -0.05) is 36.9 Å². The molecule has 1 spiro atoms. The number of aromatic nitrogens is 1. The predicted molar refractivity (Wildman–Crippen MR) is 140 cm³/mol. The molecular weight excluding hydrogens is 494 g/mol. The van der Waals surface area contributed by atoms with Gasteiger partial charge in [-0.25, -0.2) is 0 Å². The molecular formula is C27H34ClN5O4. The number of likely N-dealkylation sites (tertiary alicyclic amines) is 1. The third kappa shape index (κ3) is 5.32. The van der Waals surface area contributed by atoms with Gasteiger partial charge in [0.2, 0.25) is 17.7 Å². The molecule has 3 heterocycles. The molecule has 2 aliphatic heterocycles. The maximum atomic E-state index is 13.8. The molecule has 198 valence electrons. The van der Waals surface area contributed by atoms with Crippen LogP contribution in [0.2, 0.25) is 5.02 Å². The zero-order valence-corrected chi connectivity index (χ0v) is 21.6. The first-order chi connectivity index (χ1) is 17.7. The van der Waals surface area contributed by atoms with E-state index < -0.39 is 23.9 Å². The van der Waals surface area contributed by atoms with E-state index in [0.717, 1.165) is 49.4 Å². The molecule has 2 saturated heterocycles. The lowest BCUT2D eigenvalue weighted by Crippen LogP contribution is -2.53. The van der Waals surface area contributed by atoms with E-state index in [1.807, 2.05) is 6.07 Å². The Morgan fingerprint density at radius 1 is 1.16 bits per heavy atom. The van der Waals surface area contributed by atoms with Gasteiger partial charge in [-0.05, 0) is 62.1 Å². The molecule has 1 aromatic heterocycles. The van der Waals surface area contributed by atoms with E-state index in [1.165, 1.54) is 0 Å². The van der Waals surface area contributed by atoms with Crippen LogP contribution in [0, 0.1) is 11.3 Å². The Morgan fingerprint density at radius 3 is 2.68 bits per heavy atom. The maximum Gasteiger partial charge on any atom is 0.271 e. The normalized spacial score (nSPS) is 24.1. The van der Waals surface area contributed by atoms with Gasteiger partial charge in [0, 0.05) is 34.9 Å². The summed E-state index contributed by atoms with van der Waals surface area (Å²) in [6.07, 6.45) is 7.39. The number of halogens is 1. The molecule has 2 aromatic rings. The first-order valence-corrected chi connectivity index (χ1v) is 13.6. The molecule has 3 aliphatic rings. The summed E-state index contributed by atoms with van der Waals surface area (Å²) in [6, 6.07) is 5.47. The van der Waals surface area contributed by atoms with Gasteiger partial charge >= 0.3 is 0 Å². The summed E-state index contributed by atoms with van der Waals surface area (Å²) in [4.78, 5) is 56.7. The van der Waals surface area contributed by atoms with Gasteiger partial charge < -0.3 is 26.3 Å². The van der Waals surface area contributed by atoms with Gasteiger partial charge in [-0.15, -0.1) is 0 Å². The van der Waals surface area contributed by atoms with Gasteiger partial charge in [0.25, 0.3) is 5.91 Å². The molecule has 1 aromatic carbocycles. The number of hydrogen-bond donors (Lipinski definition) is 4. The second-order valence-corrected chi connectivity index (χ2v) is 11.4. The minimum Gasteiger partial charge on any atom is -0.368 e. The lowest BCUT2D eigenvalue weighted by atomic mass is 9.72. The average Bonchev–Trinajstić information content (AvgIpc) is 3.46. The average molecular weight is 528 g/mol. The number of amides is 4. The number of H-pyrrole nitrogens is 1. The third-order valence-corrected chi connectivity index (χ3v) is 8.62. The first kappa shape index (κ1) is 25.6. The van der Waals surface area contributed by atoms with Crippen molar-refractivity contribution in [2.45, 2.75) is 69.9 Å². The smallest absolute Gasteiger partial charge is 0.271 e. The van der Waals surface area contributed by atoms with Crippen LogP contribution in [-0.4, -0.2) is 58.7 Å². The molecule has 37 heavy (non-hydrogen) atoms. The molecule has 0 bridgehead atoms. The number of nitrogens with two attached hydrogens (primary N) is 1. The summed E-state index contributed by atoms with van der Waals surface area (Å²) in [5.41, 5.74) is 6.68. The molecule has 3 unspecified atom stereocenters. The fraction of sp³-hybridized carbons (Fsp3) is 0.556. The number of carbonyl (C=O) groups excluding carboxylic acids is 4. The van der Waals surface area contributed by atoms with Crippen LogP contribution < -0.4 is 16.4 Å². The zero-order valence-electron chi connectivity index (χ0n) is 20.9. The Labute approximate surface area is 220 Å². The number of carbonyl (C=O) groups is 4. The molecule has 9 nitrogen and oxygen atoms in total. The van der Waals surface area contributed by atoms with Gasteiger partial charge in [0.15, 0.2) is 0 Å². The van der Waals surface area contributed by atoms with Crippen LogP contribution in [0.5, 0.6) is 0 Å². The first-order valence-electron chi connectivity index (χ1n) is 13.2. The summed E-state index contributed by atoms with van der Waals surface area (Å²) < 4.78 is 0. The lowest BCUT2D eigenvalue weighted by molar-refractivity contribution is -0.132. The summed E-state index contributed by atoms with van der Waals surface area (Å²) in [5, 5.41) is 7.04. The third-order valence-electron chi connectivity index (χ3n) is 8.38. The topological polar surface area (TPSA) is 137 Å². The number of nitrogens with zero attached hydrogens (tertiary/aromatic N) is 1. The van der Waals surface area contributed by atoms with E-state index in [9.17, 15) is 19.2 Å². The van der Waals surface area contributed by atoms with Crippen molar-refractivity contribution in [2.24, 2.45) is 17.1 Å². The SMILES string of the molecule is NC(=O)C(CC1CCCNC1=O)NC(=O)C1CC2(CCCCC2)CN1C(=O)c1cc2ccc(Cl)cc2[nH]1. The van der Waals surface area contributed by atoms with Gasteiger partial charge in [-0.2, -0.15) is 0 Å². The monoisotopic (exact) mass is 527 g/mol. The van der Waals surface area contributed by atoms with Crippen molar-refractivity contribution in [2.75, 3.05) is 13.1 Å². The van der Waals surface area contributed by atoms with Crippen LogP contribution in [0.25, 0.3) is 10.9 Å². The second-order valence-electron chi connectivity index (χ2n) is 11.0. The summed E-state index contributed by atoms with van der Waals surface area (Å²) in [7, 11) is 0. The van der Waals surface area contributed by atoms with Crippen molar-refractivity contribution >= 4 is 46.1 Å². The van der Waals surface area contributed by atoms with Crippen LogP contribution >= 0.6 is 11.6 Å². The maximum absolute atomic E-state index is 13.8. The fourth-order valence-corrected chi connectivity index (χ4v) is 6.57. The zero-order chi connectivity index (χ0) is 26.2. The lowest BCUT2D eigenvalue weighted by Gasteiger charge is -2.32. The van der Waals surface area contributed by atoms with Crippen LogP contribution in [0.15, 0.2) is 24.3 Å². The number of nitrogens with one attached hydrogen (secondary N) is 3. The number of aromatic amines is 1. The number of hydrogen-bond acceptors (Lipinski definition) is 4. The quantitative estimate of drug-likeness (QED) is 0.459. The molecule has 5 N–H and O–H groups in total. The Kier molecular flexibility index (Phi) is 7.16. The minimum atomic E-state index is -0.976. The standard InChI is InChI=1S/C27H34ClN5O4/c28-18-7-6-16-11-21(31-19(16)13-18)26(37)33-15-27(8-2-1-3-9-27)14-22(33)25(36)32-20(23(29)34)12-17-5-4-10-30-24(17)35/h6-7,11,13,17,20,22,31H,1-5,8-10,12,14-15H2,(H2,29,34)(H,30,35)(H,32,36). The molecule has 0 radical (unpaired) electrons. The molecule has 1 saturated carbocycles. The van der Waals surface area contributed by atoms with Crippen LogP contribution in [-0.2, 0) is 14.4 Å². The summed E-state index contributed by atoms with van der Waals surface area (Å²) >= 11 is 6.12. The van der Waals surface area contributed by atoms with Crippen molar-refractivity contribution in [3.05, 3.63) is 35.0 Å². The number of benzene rings is 1.